The number of nitrogens with zero attached hydrogens (tertiary/aromatic N) is 1. The molecule has 19 heavy (non-hydrogen) atoms. The van der Waals surface area contributed by atoms with E-state index in [-0.39, 0.29) is 0 Å². The first kappa shape index (κ1) is 13.3. The SMILES string of the molecule is CNC(C(=O)O)C(N)c1ccc2c(c1)oc(=O)n2C. The lowest BCUT2D eigenvalue weighted by atomic mass is 10.00. The van der Waals surface area contributed by atoms with E-state index in [9.17, 15) is 9.59 Å². The van der Waals surface area contributed by atoms with Crippen molar-refractivity contribution in [3.63, 3.8) is 0 Å². The number of fused-ring (bicyclic) bond motifs is 1. The molecule has 0 aliphatic heterocycles. The molecule has 0 radical (unpaired) electrons. The van der Waals surface area contributed by atoms with Crippen molar-refractivity contribution in [3.05, 3.63) is 34.3 Å². The molecule has 0 saturated carbocycles. The molecule has 102 valence electrons. The second-order valence-corrected chi connectivity index (χ2v) is 4.28. The van der Waals surface area contributed by atoms with Gasteiger partial charge in [-0.3, -0.25) is 9.36 Å². The number of rotatable bonds is 4. The number of hydrogen-bond donors (Lipinski definition) is 3. The maximum absolute atomic E-state index is 11.4. The normalized spacial score (nSPS) is 14.5. The van der Waals surface area contributed by atoms with E-state index in [1.54, 1.807) is 25.2 Å². The van der Waals surface area contributed by atoms with Crippen molar-refractivity contribution in [1.29, 1.82) is 0 Å². The molecule has 7 heteroatoms. The third-order valence-electron chi connectivity index (χ3n) is 3.14. The number of aryl methyl sites for hydroxylation is 1. The highest BCUT2D eigenvalue weighted by atomic mass is 16.4. The van der Waals surface area contributed by atoms with Gasteiger partial charge in [0.15, 0.2) is 5.58 Å². The van der Waals surface area contributed by atoms with Crippen LogP contribution in [0.2, 0.25) is 0 Å². The molecule has 0 saturated heterocycles. The summed E-state index contributed by atoms with van der Waals surface area (Å²) in [4.78, 5) is 22.4. The number of benzene rings is 1. The lowest BCUT2D eigenvalue weighted by Crippen LogP contribution is -2.43. The predicted octanol–water partition coefficient (Wildman–Crippen LogP) is -0.196. The molecule has 0 aliphatic carbocycles. The average Bonchev–Trinajstić information content (AvgIpc) is 2.65. The summed E-state index contributed by atoms with van der Waals surface area (Å²) in [6.45, 7) is 0. The topological polar surface area (TPSA) is 110 Å². The van der Waals surface area contributed by atoms with Crippen LogP contribution in [-0.2, 0) is 11.8 Å². The standard InChI is InChI=1S/C12H15N3O4/c1-14-10(11(16)17)9(13)6-3-4-7-8(5-6)19-12(18)15(7)2/h3-5,9-10,14H,13H2,1-2H3,(H,16,17). The summed E-state index contributed by atoms with van der Waals surface area (Å²) in [5.74, 6) is -1.51. The zero-order valence-corrected chi connectivity index (χ0v) is 10.6. The summed E-state index contributed by atoms with van der Waals surface area (Å²) in [5.41, 5.74) is 7.53. The number of nitrogens with one attached hydrogen (secondary N) is 1. The second-order valence-electron chi connectivity index (χ2n) is 4.28. The highest BCUT2D eigenvalue weighted by Gasteiger charge is 2.25. The van der Waals surface area contributed by atoms with E-state index in [0.717, 1.165) is 0 Å². The van der Waals surface area contributed by atoms with Gasteiger partial charge in [-0.15, -0.1) is 0 Å². The minimum absolute atomic E-state index is 0.390. The molecule has 2 unspecified atom stereocenters. The fourth-order valence-corrected chi connectivity index (χ4v) is 2.01. The van der Waals surface area contributed by atoms with E-state index in [0.29, 0.717) is 16.7 Å². The van der Waals surface area contributed by atoms with E-state index >= 15 is 0 Å². The zero-order valence-electron chi connectivity index (χ0n) is 10.6. The Bertz CT molecular complexity index is 673. The number of likely N-dealkylation sites (N-methyl/N-ethyl adjacent to an activating group) is 1. The first-order valence-corrected chi connectivity index (χ1v) is 5.71. The van der Waals surface area contributed by atoms with Gasteiger partial charge in [0.05, 0.1) is 11.6 Å². The van der Waals surface area contributed by atoms with Crippen LogP contribution in [-0.4, -0.2) is 28.7 Å². The summed E-state index contributed by atoms with van der Waals surface area (Å²) in [7, 11) is 3.13. The van der Waals surface area contributed by atoms with Crippen LogP contribution in [0.5, 0.6) is 0 Å². The summed E-state index contributed by atoms with van der Waals surface area (Å²) in [5, 5.41) is 11.7. The average molecular weight is 265 g/mol. The highest BCUT2D eigenvalue weighted by Crippen LogP contribution is 2.20. The molecular weight excluding hydrogens is 250 g/mol. The number of carboxylic acids is 1. The van der Waals surface area contributed by atoms with Crippen LogP contribution >= 0.6 is 0 Å². The van der Waals surface area contributed by atoms with E-state index in [2.05, 4.69) is 5.32 Å². The number of carboxylic acid groups (broad SMARTS) is 1. The van der Waals surface area contributed by atoms with Gasteiger partial charge in [-0.25, -0.2) is 4.79 Å². The van der Waals surface area contributed by atoms with Crippen LogP contribution in [0.1, 0.15) is 11.6 Å². The largest absolute Gasteiger partial charge is 0.480 e. The van der Waals surface area contributed by atoms with Crippen LogP contribution in [0.3, 0.4) is 0 Å². The molecule has 0 spiro atoms. The first-order chi connectivity index (χ1) is 8.95. The quantitative estimate of drug-likeness (QED) is 0.706. The molecule has 2 aromatic rings. The Morgan fingerprint density at radius 2 is 2.21 bits per heavy atom. The maximum Gasteiger partial charge on any atom is 0.419 e. The Hall–Kier alpha value is -2.12. The molecule has 0 amide bonds. The minimum Gasteiger partial charge on any atom is -0.480 e. The Morgan fingerprint density at radius 3 is 2.79 bits per heavy atom. The van der Waals surface area contributed by atoms with Crippen molar-refractivity contribution < 1.29 is 14.3 Å². The molecule has 1 aromatic heterocycles. The van der Waals surface area contributed by atoms with Gasteiger partial charge in [0.25, 0.3) is 0 Å². The Kier molecular flexibility index (Phi) is 3.41. The maximum atomic E-state index is 11.4. The van der Waals surface area contributed by atoms with E-state index in [4.69, 9.17) is 15.3 Å². The fourth-order valence-electron chi connectivity index (χ4n) is 2.01. The highest BCUT2D eigenvalue weighted by molar-refractivity contribution is 5.77. The van der Waals surface area contributed by atoms with E-state index in [1.807, 2.05) is 0 Å². The lowest BCUT2D eigenvalue weighted by molar-refractivity contribution is -0.139. The fraction of sp³-hybridized carbons (Fsp3) is 0.333. The van der Waals surface area contributed by atoms with Gasteiger partial charge in [-0.2, -0.15) is 0 Å². The molecule has 2 atom stereocenters. The second kappa shape index (κ2) is 4.87. The number of oxazole rings is 1. The van der Waals surface area contributed by atoms with Crippen molar-refractivity contribution in [2.75, 3.05) is 7.05 Å². The summed E-state index contributed by atoms with van der Waals surface area (Å²) < 4.78 is 6.42. The van der Waals surface area contributed by atoms with Crippen molar-refractivity contribution >= 4 is 17.1 Å². The van der Waals surface area contributed by atoms with Crippen molar-refractivity contribution in [2.45, 2.75) is 12.1 Å². The Labute approximate surface area is 108 Å². The molecular formula is C12H15N3O4. The number of aromatic nitrogens is 1. The summed E-state index contributed by atoms with van der Waals surface area (Å²) in [6.07, 6.45) is 0. The predicted molar refractivity (Wildman–Crippen MR) is 68.9 cm³/mol. The monoisotopic (exact) mass is 265 g/mol. The van der Waals surface area contributed by atoms with Crippen LogP contribution < -0.4 is 16.8 Å². The van der Waals surface area contributed by atoms with Gasteiger partial charge in [0.1, 0.15) is 6.04 Å². The molecule has 7 nitrogen and oxygen atoms in total. The number of nitrogens with two attached hydrogens (primary N) is 1. The zero-order chi connectivity index (χ0) is 14.2. The third kappa shape index (κ3) is 2.25. The molecule has 4 N–H and O–H groups in total. The van der Waals surface area contributed by atoms with E-state index < -0.39 is 23.8 Å². The summed E-state index contributed by atoms with van der Waals surface area (Å²) >= 11 is 0. The van der Waals surface area contributed by atoms with Gasteiger partial charge in [-0.1, -0.05) is 6.07 Å². The van der Waals surface area contributed by atoms with Gasteiger partial charge in [0, 0.05) is 7.05 Å². The first-order valence-electron chi connectivity index (χ1n) is 5.71. The molecule has 0 fully saturated rings. The lowest BCUT2D eigenvalue weighted by Gasteiger charge is -2.19. The molecule has 0 aliphatic rings. The Balaban J connectivity index is 2.46. The van der Waals surface area contributed by atoms with Crippen molar-refractivity contribution in [1.82, 2.24) is 9.88 Å². The molecule has 1 heterocycles. The number of carbonyl (C=O) groups is 1. The Morgan fingerprint density at radius 1 is 1.53 bits per heavy atom. The van der Waals surface area contributed by atoms with Crippen LogP contribution in [0.25, 0.3) is 11.1 Å². The minimum atomic E-state index is -1.04. The van der Waals surface area contributed by atoms with E-state index in [1.165, 1.54) is 11.6 Å². The van der Waals surface area contributed by atoms with Crippen molar-refractivity contribution in [3.8, 4) is 0 Å². The van der Waals surface area contributed by atoms with Crippen molar-refractivity contribution in [2.24, 2.45) is 12.8 Å². The summed E-state index contributed by atoms with van der Waals surface area (Å²) in [6, 6.07) is 3.32. The van der Waals surface area contributed by atoms with Gasteiger partial charge in [-0.05, 0) is 24.7 Å². The number of hydrogen-bond acceptors (Lipinski definition) is 5. The third-order valence-corrected chi connectivity index (χ3v) is 3.14. The number of aliphatic carboxylic acids is 1. The van der Waals surface area contributed by atoms with Crippen LogP contribution in [0.4, 0.5) is 0 Å². The molecule has 2 rings (SSSR count). The van der Waals surface area contributed by atoms with Crippen LogP contribution in [0, 0.1) is 0 Å². The van der Waals surface area contributed by atoms with Gasteiger partial charge in [0.2, 0.25) is 0 Å². The molecule has 0 bridgehead atoms. The van der Waals surface area contributed by atoms with Crippen LogP contribution in [0.15, 0.2) is 27.4 Å². The molecule has 1 aromatic carbocycles. The smallest absolute Gasteiger partial charge is 0.419 e. The van der Waals surface area contributed by atoms with Gasteiger partial charge < -0.3 is 20.6 Å². The van der Waals surface area contributed by atoms with Gasteiger partial charge >= 0.3 is 11.7 Å².